The van der Waals surface area contributed by atoms with Crippen LogP contribution in [0.15, 0.2) is 24.3 Å². The number of carbonyl (C=O) groups is 2. The van der Waals surface area contributed by atoms with E-state index >= 15 is 0 Å². The van der Waals surface area contributed by atoms with E-state index in [-0.39, 0.29) is 16.1 Å². The maximum atomic E-state index is 14.4. The van der Waals surface area contributed by atoms with Crippen molar-refractivity contribution in [2.75, 3.05) is 19.5 Å². The van der Waals surface area contributed by atoms with E-state index in [2.05, 4.69) is 10.1 Å². The minimum absolute atomic E-state index is 0.0399. The number of nitrogens with one attached hydrogen (secondary N) is 2. The Kier molecular flexibility index (Phi) is 6.88. The molecule has 3 rings (SSSR count). The lowest BCUT2D eigenvalue weighted by Gasteiger charge is -2.34. The molecule has 2 unspecified atom stereocenters. The van der Waals surface area contributed by atoms with Crippen LogP contribution in [0.2, 0.25) is 0 Å². The molecule has 1 aliphatic carbocycles. The van der Waals surface area contributed by atoms with Crippen molar-refractivity contribution in [2.45, 2.75) is 38.0 Å². The number of amides is 1. The molecule has 1 aromatic carbocycles. The van der Waals surface area contributed by atoms with Gasteiger partial charge in [-0.15, -0.1) is 11.3 Å². The molecule has 2 aromatic rings. The lowest BCUT2D eigenvalue weighted by atomic mass is 9.88. The molecule has 0 fully saturated rings. The highest BCUT2D eigenvalue weighted by Crippen LogP contribution is 2.42. The highest BCUT2D eigenvalue weighted by Gasteiger charge is 2.64. The van der Waals surface area contributed by atoms with Crippen LogP contribution in [-0.4, -0.2) is 37.9 Å². The maximum Gasteiger partial charge on any atom is 0.441 e. The summed E-state index contributed by atoms with van der Waals surface area (Å²) in [5, 5.41) is 13.4. The van der Waals surface area contributed by atoms with Crippen molar-refractivity contribution in [1.82, 2.24) is 5.32 Å². The first-order chi connectivity index (χ1) is 15.6. The van der Waals surface area contributed by atoms with Gasteiger partial charge in [-0.1, -0.05) is 6.92 Å². The number of benzene rings is 1. The second kappa shape index (κ2) is 9.31. The van der Waals surface area contributed by atoms with Crippen LogP contribution in [-0.2, 0) is 22.4 Å². The summed E-state index contributed by atoms with van der Waals surface area (Å²) in [6.45, 7) is 2.02. The first kappa shape index (κ1) is 24.4. The number of halogens is 3. The molecule has 11 heteroatoms. The highest BCUT2D eigenvalue weighted by atomic mass is 32.1. The van der Waals surface area contributed by atoms with Crippen molar-refractivity contribution >= 4 is 28.2 Å². The van der Waals surface area contributed by atoms with E-state index in [1.165, 1.54) is 31.4 Å². The van der Waals surface area contributed by atoms with Crippen LogP contribution in [0, 0.1) is 17.2 Å². The molecule has 0 bridgehead atoms. The van der Waals surface area contributed by atoms with Gasteiger partial charge in [0.25, 0.3) is 5.91 Å². The Bertz CT molecular complexity index is 1090. The summed E-state index contributed by atoms with van der Waals surface area (Å²) in [6.07, 6.45) is -3.33. The van der Waals surface area contributed by atoms with Gasteiger partial charge in [0.1, 0.15) is 16.8 Å². The number of hydrogen-bond acceptors (Lipinski definition) is 7. The van der Waals surface area contributed by atoms with Crippen molar-refractivity contribution < 1.29 is 32.2 Å². The van der Waals surface area contributed by atoms with Gasteiger partial charge in [-0.05, 0) is 55.0 Å². The normalized spacial score (nSPS) is 17.2. The van der Waals surface area contributed by atoms with Gasteiger partial charge in [0.15, 0.2) is 0 Å². The lowest BCUT2D eigenvalue weighted by molar-refractivity contribution is -0.203. The molecule has 176 valence electrons. The number of nitrogens with zero attached hydrogens (tertiary/aromatic N) is 1. The minimum atomic E-state index is -5.30. The van der Waals surface area contributed by atoms with Gasteiger partial charge in [-0.3, -0.25) is 4.79 Å². The average molecular weight is 481 g/mol. The van der Waals surface area contributed by atoms with Gasteiger partial charge in [0.05, 0.1) is 19.8 Å². The topological polar surface area (TPSA) is 100 Å². The summed E-state index contributed by atoms with van der Waals surface area (Å²) in [5.41, 5.74) is -3.03. The van der Waals surface area contributed by atoms with Crippen molar-refractivity contribution in [3.63, 3.8) is 0 Å². The lowest BCUT2D eigenvalue weighted by Crippen LogP contribution is -2.69. The van der Waals surface area contributed by atoms with Crippen molar-refractivity contribution in [1.29, 1.82) is 5.26 Å². The fourth-order valence-corrected chi connectivity index (χ4v) is 5.07. The molecule has 1 aliphatic rings. The average Bonchev–Trinajstić information content (AvgIpc) is 3.12. The number of esters is 1. The quantitative estimate of drug-likeness (QED) is 0.477. The van der Waals surface area contributed by atoms with Crippen molar-refractivity contribution in [2.24, 2.45) is 5.92 Å². The molecular formula is C22H22F3N3O4S. The molecule has 33 heavy (non-hydrogen) atoms. The monoisotopic (exact) mass is 481 g/mol. The predicted molar refractivity (Wildman–Crippen MR) is 115 cm³/mol. The largest absolute Gasteiger partial charge is 0.497 e. The number of ether oxygens (including phenoxy) is 2. The molecule has 0 aliphatic heterocycles. The van der Waals surface area contributed by atoms with E-state index in [1.807, 2.05) is 13.0 Å². The molecule has 1 amide bonds. The van der Waals surface area contributed by atoms with E-state index in [4.69, 9.17) is 4.74 Å². The molecule has 1 aromatic heterocycles. The molecule has 2 N–H and O–H groups in total. The fourth-order valence-electron chi connectivity index (χ4n) is 3.66. The van der Waals surface area contributed by atoms with Crippen LogP contribution < -0.4 is 15.4 Å². The van der Waals surface area contributed by atoms with Crippen molar-refractivity contribution in [3.05, 3.63) is 45.8 Å². The Morgan fingerprint density at radius 2 is 1.88 bits per heavy atom. The molecule has 0 saturated carbocycles. The summed E-state index contributed by atoms with van der Waals surface area (Å²) in [4.78, 5) is 26.1. The third kappa shape index (κ3) is 4.61. The van der Waals surface area contributed by atoms with Gasteiger partial charge >= 0.3 is 17.8 Å². The Hall–Kier alpha value is -3.26. The standard InChI is InChI=1S/C22H22F3N3O4S/c1-12-4-9-15-16(11-26)19(33-17(15)10-12)28-21(20(30)32-3,22(23,24)25)27-18(29)13-5-7-14(31-2)8-6-13/h5-8,12,28H,4,9-10H2,1-3H3,(H,27,29). The zero-order valence-electron chi connectivity index (χ0n) is 18.1. The molecule has 2 atom stereocenters. The Morgan fingerprint density at radius 1 is 1.21 bits per heavy atom. The Labute approximate surface area is 192 Å². The number of nitriles is 1. The number of fused-ring (bicyclic) bond motifs is 1. The second-order valence-corrected chi connectivity index (χ2v) is 8.82. The molecular weight excluding hydrogens is 459 g/mol. The Balaban J connectivity index is 2.06. The number of alkyl halides is 3. The summed E-state index contributed by atoms with van der Waals surface area (Å²) < 4.78 is 52.6. The van der Waals surface area contributed by atoms with Gasteiger partial charge in [-0.25, -0.2) is 4.79 Å². The van der Waals surface area contributed by atoms with Crippen LogP contribution in [0.1, 0.15) is 39.7 Å². The third-order valence-corrected chi connectivity index (χ3v) is 6.66. The first-order valence-corrected chi connectivity index (χ1v) is 10.8. The minimum Gasteiger partial charge on any atom is -0.497 e. The zero-order chi connectivity index (χ0) is 24.4. The number of hydrogen-bond donors (Lipinski definition) is 2. The first-order valence-electron chi connectivity index (χ1n) is 10.0. The number of anilines is 1. The van der Waals surface area contributed by atoms with Crippen LogP contribution in [0.25, 0.3) is 0 Å². The summed E-state index contributed by atoms with van der Waals surface area (Å²) in [6, 6.07) is 7.28. The third-order valence-electron chi connectivity index (χ3n) is 5.49. The number of rotatable bonds is 6. The van der Waals surface area contributed by atoms with Crippen LogP contribution in [0.3, 0.4) is 0 Å². The van der Waals surface area contributed by atoms with E-state index in [0.29, 0.717) is 30.1 Å². The molecule has 0 saturated heterocycles. The van der Waals surface area contributed by atoms with Gasteiger partial charge in [-0.2, -0.15) is 18.4 Å². The summed E-state index contributed by atoms with van der Waals surface area (Å²) >= 11 is 0.980. The summed E-state index contributed by atoms with van der Waals surface area (Å²) in [7, 11) is 2.19. The van der Waals surface area contributed by atoms with E-state index in [1.54, 1.807) is 5.32 Å². The highest BCUT2D eigenvalue weighted by molar-refractivity contribution is 7.16. The maximum absolute atomic E-state index is 14.4. The zero-order valence-corrected chi connectivity index (χ0v) is 18.9. The van der Waals surface area contributed by atoms with Crippen molar-refractivity contribution in [3.8, 4) is 11.8 Å². The predicted octanol–water partition coefficient (Wildman–Crippen LogP) is 4.03. The fraction of sp³-hybridized carbons (Fsp3) is 0.409. The number of methoxy groups -OCH3 is 2. The molecule has 0 spiro atoms. The molecule has 1 heterocycles. The van der Waals surface area contributed by atoms with Gasteiger partial charge in [0.2, 0.25) is 0 Å². The van der Waals surface area contributed by atoms with Crippen LogP contribution >= 0.6 is 11.3 Å². The van der Waals surface area contributed by atoms with E-state index in [9.17, 15) is 28.0 Å². The number of carbonyl (C=O) groups excluding carboxylic acids is 2. The summed E-state index contributed by atoms with van der Waals surface area (Å²) in [5.74, 6) is -2.21. The number of thiophene rings is 1. The van der Waals surface area contributed by atoms with Crippen LogP contribution in [0.5, 0.6) is 5.75 Å². The van der Waals surface area contributed by atoms with Gasteiger partial charge < -0.3 is 20.1 Å². The smallest absolute Gasteiger partial charge is 0.441 e. The van der Waals surface area contributed by atoms with Crippen LogP contribution in [0.4, 0.5) is 18.2 Å². The molecule has 0 radical (unpaired) electrons. The Morgan fingerprint density at radius 3 is 2.42 bits per heavy atom. The second-order valence-electron chi connectivity index (χ2n) is 7.71. The van der Waals surface area contributed by atoms with Gasteiger partial charge in [0, 0.05) is 10.4 Å². The van der Waals surface area contributed by atoms with E-state index in [0.717, 1.165) is 29.7 Å². The molecule has 7 nitrogen and oxygen atoms in total. The SMILES string of the molecule is COC(=O)C(NC(=O)c1ccc(OC)cc1)(Nc1sc2c(c1C#N)CCC(C)C2)C(F)(F)F. The van der Waals surface area contributed by atoms with E-state index < -0.39 is 23.7 Å².